The van der Waals surface area contributed by atoms with Gasteiger partial charge in [-0.2, -0.15) is 13.4 Å². The van der Waals surface area contributed by atoms with Crippen molar-refractivity contribution in [1.82, 2.24) is 14.5 Å². The lowest BCUT2D eigenvalue weighted by molar-refractivity contribution is 0.483. The van der Waals surface area contributed by atoms with Gasteiger partial charge in [0, 0.05) is 23.0 Å². The number of hydrogen-bond acceptors (Lipinski definition) is 5. The molecule has 2 heterocycles. The normalized spacial score (nSPS) is 12.6. The minimum Gasteiger partial charge on any atom is -0.368 e. The molecule has 0 amide bonds. The van der Waals surface area contributed by atoms with Gasteiger partial charge >= 0.3 is 0 Å². The molecule has 110 valence electrons. The Labute approximate surface area is 121 Å². The number of nitrogens with two attached hydrogens (primary N) is 1. The molecule has 8 heteroatoms. The Bertz CT molecular complexity index is 960. The minimum absolute atomic E-state index is 0.0379. The molecule has 0 bridgehead atoms. The largest absolute Gasteiger partial charge is 0.368 e. The molecule has 0 fully saturated rings. The third-order valence-electron chi connectivity index (χ3n) is 3.35. The number of rotatable bonds is 2. The van der Waals surface area contributed by atoms with Crippen LogP contribution in [0.15, 0.2) is 29.3 Å². The van der Waals surface area contributed by atoms with Crippen LogP contribution in [-0.2, 0) is 10.1 Å². The van der Waals surface area contributed by atoms with E-state index in [0.29, 0.717) is 11.2 Å². The minimum atomic E-state index is -4.26. The molecule has 0 aliphatic rings. The number of benzene rings is 1. The molecule has 0 aliphatic carbocycles. The van der Waals surface area contributed by atoms with Crippen molar-refractivity contribution in [3.63, 3.8) is 0 Å². The first-order valence-corrected chi connectivity index (χ1v) is 7.76. The maximum Gasteiger partial charge on any atom is 0.294 e. The van der Waals surface area contributed by atoms with Crippen molar-refractivity contribution in [2.45, 2.75) is 24.8 Å². The van der Waals surface area contributed by atoms with Crippen LogP contribution in [0, 0.1) is 0 Å². The van der Waals surface area contributed by atoms with Crippen LogP contribution in [0.3, 0.4) is 0 Å². The molecule has 0 spiro atoms. The molecule has 3 aromatic rings. The van der Waals surface area contributed by atoms with Gasteiger partial charge in [-0.15, -0.1) is 0 Å². The van der Waals surface area contributed by atoms with Crippen molar-refractivity contribution in [3.05, 3.63) is 24.4 Å². The zero-order valence-electron chi connectivity index (χ0n) is 11.5. The molecule has 2 aromatic heterocycles. The summed E-state index contributed by atoms with van der Waals surface area (Å²) >= 11 is 0. The molecule has 0 saturated carbocycles. The predicted molar refractivity (Wildman–Crippen MR) is 79.6 cm³/mol. The van der Waals surface area contributed by atoms with Gasteiger partial charge in [0.15, 0.2) is 0 Å². The summed E-state index contributed by atoms with van der Waals surface area (Å²) in [6, 6.07) is 4.47. The smallest absolute Gasteiger partial charge is 0.294 e. The summed E-state index contributed by atoms with van der Waals surface area (Å²) in [5, 5.41) is 1.60. The lowest BCUT2D eigenvalue weighted by atomic mass is 10.2. The highest BCUT2D eigenvalue weighted by molar-refractivity contribution is 7.85. The van der Waals surface area contributed by atoms with Crippen molar-refractivity contribution >= 4 is 38.0 Å². The van der Waals surface area contributed by atoms with Crippen LogP contribution < -0.4 is 5.73 Å². The van der Waals surface area contributed by atoms with Gasteiger partial charge < -0.3 is 10.3 Å². The lowest BCUT2D eigenvalue weighted by Gasteiger charge is -2.11. The van der Waals surface area contributed by atoms with Crippen molar-refractivity contribution in [2.24, 2.45) is 0 Å². The second-order valence-corrected chi connectivity index (χ2v) is 6.50. The Balaban J connectivity index is 2.51. The summed E-state index contributed by atoms with van der Waals surface area (Å²) < 4.78 is 33.7. The number of nitrogens with zero attached hydrogens (tertiary/aromatic N) is 3. The van der Waals surface area contributed by atoms with Crippen molar-refractivity contribution in [1.29, 1.82) is 0 Å². The Kier molecular flexibility index (Phi) is 2.89. The molecule has 0 radical (unpaired) electrons. The second kappa shape index (κ2) is 4.40. The van der Waals surface area contributed by atoms with Gasteiger partial charge in [0.2, 0.25) is 5.95 Å². The maximum absolute atomic E-state index is 11.3. The Morgan fingerprint density at radius 3 is 2.62 bits per heavy atom. The Morgan fingerprint density at radius 2 is 2.00 bits per heavy atom. The van der Waals surface area contributed by atoms with Crippen LogP contribution in [0.5, 0.6) is 0 Å². The predicted octanol–water partition coefficient (Wildman–Crippen LogP) is 1.99. The first kappa shape index (κ1) is 13.8. The van der Waals surface area contributed by atoms with Crippen LogP contribution in [0.4, 0.5) is 5.95 Å². The first-order valence-electron chi connectivity index (χ1n) is 6.32. The molecule has 21 heavy (non-hydrogen) atoms. The fourth-order valence-electron chi connectivity index (χ4n) is 2.50. The van der Waals surface area contributed by atoms with Crippen LogP contribution in [0.25, 0.3) is 21.9 Å². The highest BCUT2D eigenvalue weighted by Crippen LogP contribution is 2.32. The molecule has 0 atom stereocenters. The van der Waals surface area contributed by atoms with Gasteiger partial charge in [-0.3, -0.25) is 4.55 Å². The molecular weight excluding hydrogens is 292 g/mol. The van der Waals surface area contributed by atoms with E-state index in [0.717, 1.165) is 10.8 Å². The maximum atomic E-state index is 11.3. The average Bonchev–Trinajstić information content (AvgIpc) is 2.69. The van der Waals surface area contributed by atoms with Crippen molar-refractivity contribution in [2.75, 3.05) is 5.73 Å². The highest BCUT2D eigenvalue weighted by atomic mass is 32.2. The van der Waals surface area contributed by atoms with Crippen LogP contribution in [0.2, 0.25) is 0 Å². The number of anilines is 1. The summed E-state index contributed by atoms with van der Waals surface area (Å²) in [5.74, 6) is 0.155. The van der Waals surface area contributed by atoms with E-state index >= 15 is 0 Å². The first-order chi connectivity index (χ1) is 9.79. The highest BCUT2D eigenvalue weighted by Gasteiger charge is 2.18. The van der Waals surface area contributed by atoms with E-state index in [1.54, 1.807) is 12.3 Å². The average molecular weight is 306 g/mol. The van der Waals surface area contributed by atoms with Crippen LogP contribution in [-0.4, -0.2) is 27.5 Å². The second-order valence-electron chi connectivity index (χ2n) is 5.08. The standard InChI is InChI=1S/C13H14N4O3S/c1-7(2)17-11-5-8(21(18,19)20)3-4-9(11)10-6-15-13(14)16-12(10)17/h3-7H,1-2H3,(H2,14,15,16)(H,18,19,20). The molecule has 0 saturated heterocycles. The third-order valence-corrected chi connectivity index (χ3v) is 4.20. The summed E-state index contributed by atoms with van der Waals surface area (Å²) in [7, 11) is -4.26. The number of aromatic nitrogens is 3. The number of hydrogen-bond donors (Lipinski definition) is 2. The zero-order chi connectivity index (χ0) is 15.4. The van der Waals surface area contributed by atoms with Gasteiger partial charge in [-0.05, 0) is 26.0 Å². The van der Waals surface area contributed by atoms with Crippen molar-refractivity contribution < 1.29 is 13.0 Å². The van der Waals surface area contributed by atoms with E-state index < -0.39 is 10.1 Å². The van der Waals surface area contributed by atoms with Gasteiger partial charge in [0.1, 0.15) is 5.65 Å². The van der Waals surface area contributed by atoms with Gasteiger partial charge in [0.25, 0.3) is 10.1 Å². The van der Waals surface area contributed by atoms with E-state index in [2.05, 4.69) is 9.97 Å². The molecule has 3 N–H and O–H groups in total. The summed E-state index contributed by atoms with van der Waals surface area (Å²) in [4.78, 5) is 8.08. The third kappa shape index (κ3) is 2.12. The van der Waals surface area contributed by atoms with Gasteiger partial charge in [-0.1, -0.05) is 6.07 Å². The Morgan fingerprint density at radius 1 is 1.29 bits per heavy atom. The van der Waals surface area contributed by atoms with E-state index in [4.69, 9.17) is 5.73 Å². The van der Waals surface area contributed by atoms with E-state index in [1.807, 2.05) is 18.4 Å². The number of nitrogen functional groups attached to an aromatic ring is 1. The molecular formula is C13H14N4O3S. The van der Waals surface area contributed by atoms with E-state index in [9.17, 15) is 13.0 Å². The molecule has 7 nitrogen and oxygen atoms in total. The quantitative estimate of drug-likeness (QED) is 0.700. The van der Waals surface area contributed by atoms with Crippen LogP contribution in [0.1, 0.15) is 19.9 Å². The van der Waals surface area contributed by atoms with E-state index in [1.165, 1.54) is 12.1 Å². The summed E-state index contributed by atoms with van der Waals surface area (Å²) in [6.07, 6.45) is 1.62. The van der Waals surface area contributed by atoms with Crippen LogP contribution >= 0.6 is 0 Å². The van der Waals surface area contributed by atoms with E-state index in [-0.39, 0.29) is 16.9 Å². The molecule has 3 rings (SSSR count). The summed E-state index contributed by atoms with van der Waals surface area (Å²) in [5.41, 5.74) is 6.94. The fraction of sp³-hybridized carbons (Fsp3) is 0.231. The topological polar surface area (TPSA) is 111 Å². The fourth-order valence-corrected chi connectivity index (χ4v) is 3.00. The summed E-state index contributed by atoms with van der Waals surface area (Å²) in [6.45, 7) is 3.91. The molecule has 0 aliphatic heterocycles. The zero-order valence-corrected chi connectivity index (χ0v) is 12.3. The Hall–Kier alpha value is -2.19. The lowest BCUT2D eigenvalue weighted by Crippen LogP contribution is -2.04. The SMILES string of the molecule is CC(C)n1c2cc(S(=O)(=O)O)ccc2c2cnc(N)nc21. The van der Waals surface area contributed by atoms with Gasteiger partial charge in [-0.25, -0.2) is 4.98 Å². The monoisotopic (exact) mass is 306 g/mol. The number of fused-ring (bicyclic) bond motifs is 3. The van der Waals surface area contributed by atoms with Crippen molar-refractivity contribution in [3.8, 4) is 0 Å². The molecule has 0 unspecified atom stereocenters. The van der Waals surface area contributed by atoms with Gasteiger partial charge in [0.05, 0.1) is 10.4 Å². The molecule has 1 aromatic carbocycles.